The molecule has 0 aromatic carbocycles. The average Bonchev–Trinajstić information content (AvgIpc) is 2.39. The standard InChI is InChI=1S/C9H14S.C2H6/c1-7-5-8(10-6-7)9(2,3)4;1-2/h5-6H,1-4H3;1-2H3. The minimum absolute atomic E-state index is 0.332. The van der Waals surface area contributed by atoms with Crippen molar-refractivity contribution in [1.82, 2.24) is 0 Å². The molecule has 0 amide bonds. The lowest BCUT2D eigenvalue weighted by Crippen LogP contribution is -2.07. The molecule has 0 aliphatic rings. The van der Waals surface area contributed by atoms with Crippen LogP contribution in [0.4, 0.5) is 0 Å². The van der Waals surface area contributed by atoms with Crippen LogP contribution >= 0.6 is 11.3 Å². The summed E-state index contributed by atoms with van der Waals surface area (Å²) in [6.07, 6.45) is 0. The minimum atomic E-state index is 0.332. The summed E-state index contributed by atoms with van der Waals surface area (Å²) >= 11 is 1.86. The first-order valence-corrected chi connectivity index (χ1v) is 5.44. The highest BCUT2D eigenvalue weighted by Gasteiger charge is 2.14. The Morgan fingerprint density at radius 2 is 1.67 bits per heavy atom. The van der Waals surface area contributed by atoms with Crippen LogP contribution in [0, 0.1) is 6.92 Å². The Labute approximate surface area is 80.6 Å². The van der Waals surface area contributed by atoms with Gasteiger partial charge in [0.2, 0.25) is 0 Å². The van der Waals surface area contributed by atoms with E-state index in [1.165, 1.54) is 10.4 Å². The third kappa shape index (κ3) is 3.40. The summed E-state index contributed by atoms with van der Waals surface area (Å²) in [7, 11) is 0. The smallest absolute Gasteiger partial charge is 0.0101 e. The molecule has 0 aliphatic heterocycles. The predicted molar refractivity (Wildman–Crippen MR) is 59.1 cm³/mol. The zero-order chi connectivity index (χ0) is 9.78. The van der Waals surface area contributed by atoms with Crippen molar-refractivity contribution in [1.29, 1.82) is 0 Å². The highest BCUT2D eigenvalue weighted by atomic mass is 32.1. The number of hydrogen-bond donors (Lipinski definition) is 0. The Morgan fingerprint density at radius 1 is 1.17 bits per heavy atom. The van der Waals surface area contributed by atoms with Crippen LogP contribution in [-0.4, -0.2) is 0 Å². The maximum atomic E-state index is 2.27. The van der Waals surface area contributed by atoms with Gasteiger partial charge in [0, 0.05) is 4.88 Å². The lowest BCUT2D eigenvalue weighted by Gasteiger charge is -2.14. The van der Waals surface area contributed by atoms with Crippen molar-refractivity contribution in [2.24, 2.45) is 0 Å². The van der Waals surface area contributed by atoms with Crippen LogP contribution in [0.5, 0.6) is 0 Å². The van der Waals surface area contributed by atoms with Crippen LogP contribution in [0.15, 0.2) is 11.4 Å². The van der Waals surface area contributed by atoms with Gasteiger partial charge in [-0.25, -0.2) is 0 Å². The van der Waals surface area contributed by atoms with E-state index >= 15 is 0 Å². The summed E-state index contributed by atoms with van der Waals surface area (Å²) in [6.45, 7) is 12.9. The fraction of sp³-hybridized carbons (Fsp3) is 0.636. The Kier molecular flexibility index (Phi) is 4.54. The molecule has 0 atom stereocenters. The lowest BCUT2D eigenvalue weighted by atomic mass is 9.94. The average molecular weight is 184 g/mol. The van der Waals surface area contributed by atoms with Crippen LogP contribution in [0.1, 0.15) is 45.1 Å². The number of hydrogen-bond acceptors (Lipinski definition) is 1. The molecule has 0 fully saturated rings. The molecule has 0 spiro atoms. The SMILES string of the molecule is CC.Cc1csc(C(C)(C)C)c1. The molecule has 1 aromatic heterocycles. The molecule has 0 saturated heterocycles. The highest BCUT2D eigenvalue weighted by Crippen LogP contribution is 2.27. The van der Waals surface area contributed by atoms with Gasteiger partial charge in [-0.05, 0) is 29.3 Å². The summed E-state index contributed by atoms with van der Waals surface area (Å²) in [4.78, 5) is 1.48. The van der Waals surface area contributed by atoms with Crippen LogP contribution in [0.3, 0.4) is 0 Å². The van der Waals surface area contributed by atoms with Gasteiger partial charge in [-0.2, -0.15) is 0 Å². The van der Waals surface area contributed by atoms with Crippen LogP contribution in [0.2, 0.25) is 0 Å². The maximum Gasteiger partial charge on any atom is 0.0101 e. The molecule has 70 valence electrons. The summed E-state index contributed by atoms with van der Waals surface area (Å²) in [6, 6.07) is 2.27. The van der Waals surface area contributed by atoms with E-state index in [0.29, 0.717) is 5.41 Å². The number of thiophene rings is 1. The maximum absolute atomic E-state index is 2.27. The van der Waals surface area contributed by atoms with Gasteiger partial charge in [0.25, 0.3) is 0 Å². The Bertz CT molecular complexity index is 215. The van der Waals surface area contributed by atoms with Crippen LogP contribution in [0.25, 0.3) is 0 Å². The first-order chi connectivity index (χ1) is 5.50. The second-order valence-corrected chi connectivity index (χ2v) is 4.65. The van der Waals surface area contributed by atoms with E-state index in [1.54, 1.807) is 0 Å². The van der Waals surface area contributed by atoms with Crippen molar-refractivity contribution in [3.05, 3.63) is 21.9 Å². The molecule has 1 heterocycles. The third-order valence-electron chi connectivity index (χ3n) is 1.47. The third-order valence-corrected chi connectivity index (χ3v) is 2.94. The van der Waals surface area contributed by atoms with Gasteiger partial charge >= 0.3 is 0 Å². The number of aryl methyl sites for hydroxylation is 1. The van der Waals surface area contributed by atoms with Gasteiger partial charge < -0.3 is 0 Å². The summed E-state index contributed by atoms with van der Waals surface area (Å²) < 4.78 is 0. The molecule has 0 saturated carbocycles. The zero-order valence-electron chi connectivity index (χ0n) is 9.06. The minimum Gasteiger partial charge on any atom is -0.148 e. The summed E-state index contributed by atoms with van der Waals surface area (Å²) in [5.41, 5.74) is 1.72. The molecule has 1 rings (SSSR count). The van der Waals surface area contributed by atoms with Gasteiger partial charge in [0.15, 0.2) is 0 Å². The van der Waals surface area contributed by atoms with Crippen molar-refractivity contribution < 1.29 is 0 Å². The lowest BCUT2D eigenvalue weighted by molar-refractivity contribution is 0.603. The molecule has 0 aliphatic carbocycles. The van der Waals surface area contributed by atoms with E-state index in [2.05, 4.69) is 39.1 Å². The molecule has 0 bridgehead atoms. The molecule has 0 unspecified atom stereocenters. The van der Waals surface area contributed by atoms with Gasteiger partial charge in [-0.15, -0.1) is 11.3 Å². The van der Waals surface area contributed by atoms with Gasteiger partial charge in [-0.1, -0.05) is 34.6 Å². The Morgan fingerprint density at radius 3 is 1.83 bits per heavy atom. The van der Waals surface area contributed by atoms with Gasteiger partial charge in [-0.3, -0.25) is 0 Å². The Hall–Kier alpha value is -0.300. The Balaban J connectivity index is 0.000000561. The fourth-order valence-electron chi connectivity index (χ4n) is 0.825. The van der Waals surface area contributed by atoms with Gasteiger partial charge in [0.05, 0.1) is 0 Å². The first kappa shape index (κ1) is 11.7. The molecule has 12 heavy (non-hydrogen) atoms. The van der Waals surface area contributed by atoms with E-state index in [1.807, 2.05) is 25.2 Å². The predicted octanol–water partition coefficient (Wildman–Crippen LogP) is 4.38. The molecule has 0 nitrogen and oxygen atoms in total. The quantitative estimate of drug-likeness (QED) is 0.561. The first-order valence-electron chi connectivity index (χ1n) is 4.56. The highest BCUT2D eigenvalue weighted by molar-refractivity contribution is 7.10. The van der Waals surface area contributed by atoms with E-state index in [0.717, 1.165) is 0 Å². The summed E-state index contributed by atoms with van der Waals surface area (Å²) in [5.74, 6) is 0. The molecule has 1 aromatic rings. The topological polar surface area (TPSA) is 0 Å². The van der Waals surface area contributed by atoms with E-state index in [4.69, 9.17) is 0 Å². The second-order valence-electron chi connectivity index (χ2n) is 3.74. The van der Waals surface area contributed by atoms with E-state index in [9.17, 15) is 0 Å². The van der Waals surface area contributed by atoms with E-state index < -0.39 is 0 Å². The molecule has 1 heteroatoms. The van der Waals surface area contributed by atoms with Crippen molar-refractivity contribution in [2.45, 2.75) is 47.0 Å². The van der Waals surface area contributed by atoms with Gasteiger partial charge in [0.1, 0.15) is 0 Å². The van der Waals surface area contributed by atoms with Crippen LogP contribution < -0.4 is 0 Å². The van der Waals surface area contributed by atoms with Crippen molar-refractivity contribution in [3.63, 3.8) is 0 Å². The molecule has 0 N–H and O–H groups in total. The van der Waals surface area contributed by atoms with Crippen molar-refractivity contribution in [2.75, 3.05) is 0 Å². The fourth-order valence-corrected chi connectivity index (χ4v) is 1.81. The van der Waals surface area contributed by atoms with Crippen molar-refractivity contribution in [3.8, 4) is 0 Å². The number of rotatable bonds is 0. The van der Waals surface area contributed by atoms with Crippen LogP contribution in [-0.2, 0) is 5.41 Å². The molecular weight excluding hydrogens is 164 g/mol. The normalized spacial score (nSPS) is 10.5. The zero-order valence-corrected chi connectivity index (χ0v) is 9.88. The molecular formula is C11H20S. The molecule has 0 radical (unpaired) electrons. The summed E-state index contributed by atoms with van der Waals surface area (Å²) in [5, 5.41) is 2.21. The second kappa shape index (κ2) is 4.66. The van der Waals surface area contributed by atoms with E-state index in [-0.39, 0.29) is 0 Å². The van der Waals surface area contributed by atoms with Crippen molar-refractivity contribution >= 4 is 11.3 Å². The monoisotopic (exact) mass is 184 g/mol. The largest absolute Gasteiger partial charge is 0.148 e.